The molecule has 0 fully saturated rings. The van der Waals surface area contributed by atoms with Crippen LogP contribution in [0.15, 0.2) is 42.7 Å². The molecule has 0 radical (unpaired) electrons. The van der Waals surface area contributed by atoms with Crippen molar-refractivity contribution in [2.75, 3.05) is 5.32 Å². The number of amides is 1. The molecule has 5 heteroatoms. The Hall–Kier alpha value is -2.56. The van der Waals surface area contributed by atoms with Crippen molar-refractivity contribution in [3.8, 4) is 0 Å². The van der Waals surface area contributed by atoms with Gasteiger partial charge in [-0.15, -0.1) is 0 Å². The van der Waals surface area contributed by atoms with E-state index in [-0.39, 0.29) is 5.91 Å². The second-order valence-corrected chi connectivity index (χ2v) is 3.67. The lowest BCUT2D eigenvalue weighted by Gasteiger charge is -2.03. The first-order valence-corrected chi connectivity index (χ1v) is 5.21. The lowest BCUT2D eigenvalue weighted by atomic mass is 10.1. The largest absolute Gasteiger partial charge is 0.361 e. The third-order valence-electron chi connectivity index (χ3n) is 2.59. The maximum Gasteiger partial charge on any atom is 0.257 e. The quantitative estimate of drug-likeness (QED) is 0.626. The van der Waals surface area contributed by atoms with Crippen molar-refractivity contribution in [2.24, 2.45) is 0 Å². The summed E-state index contributed by atoms with van der Waals surface area (Å²) in [5.74, 6) is 0.432. The van der Waals surface area contributed by atoms with Gasteiger partial charge in [0.15, 0.2) is 0 Å². The Morgan fingerprint density at radius 1 is 1.24 bits per heavy atom. The Morgan fingerprint density at radius 2 is 2.18 bits per heavy atom. The summed E-state index contributed by atoms with van der Waals surface area (Å²) in [5, 5.41) is 10.1. The fraction of sp³-hybridized carbons (Fsp3) is 0. The topological polar surface area (TPSA) is 73.6 Å². The van der Waals surface area contributed by atoms with E-state index in [1.54, 1.807) is 18.3 Å². The van der Waals surface area contributed by atoms with E-state index in [1.807, 2.05) is 24.4 Å². The molecule has 2 heterocycles. The van der Waals surface area contributed by atoms with Crippen molar-refractivity contribution in [1.29, 1.82) is 0 Å². The van der Waals surface area contributed by atoms with E-state index in [0.717, 1.165) is 10.9 Å². The smallest absolute Gasteiger partial charge is 0.257 e. The molecule has 0 atom stereocenters. The predicted octanol–water partition coefficient (Wildman–Crippen LogP) is 2.14. The van der Waals surface area contributed by atoms with Crippen molar-refractivity contribution in [1.82, 2.24) is 15.2 Å². The molecular formula is C12H10N4O. The summed E-state index contributed by atoms with van der Waals surface area (Å²) in [7, 11) is 0. The zero-order valence-electron chi connectivity index (χ0n) is 8.90. The highest BCUT2D eigenvalue weighted by Crippen LogP contribution is 2.18. The molecule has 2 aromatic heterocycles. The molecular weight excluding hydrogens is 216 g/mol. The number of aromatic nitrogens is 3. The van der Waals surface area contributed by atoms with Crippen molar-refractivity contribution in [3.05, 3.63) is 48.3 Å². The number of aromatic amines is 2. The molecule has 5 nitrogen and oxygen atoms in total. The van der Waals surface area contributed by atoms with E-state index in [0.29, 0.717) is 11.4 Å². The van der Waals surface area contributed by atoms with E-state index < -0.39 is 0 Å². The zero-order chi connectivity index (χ0) is 11.7. The lowest BCUT2D eigenvalue weighted by Crippen LogP contribution is -2.12. The van der Waals surface area contributed by atoms with Gasteiger partial charge in [-0.05, 0) is 18.2 Å². The summed E-state index contributed by atoms with van der Waals surface area (Å²) >= 11 is 0. The molecule has 0 aliphatic carbocycles. The molecule has 0 spiro atoms. The number of rotatable bonds is 2. The molecule has 3 rings (SSSR count). The standard InChI is InChI=1S/C12H10N4O/c17-12(15-11-5-7-14-16-11)9-2-1-3-10-8(9)4-6-13-10/h1-7,13H,(H2,14,15,16,17). The first kappa shape index (κ1) is 9.65. The third kappa shape index (κ3) is 1.67. The summed E-state index contributed by atoms with van der Waals surface area (Å²) in [6.45, 7) is 0. The number of nitrogens with one attached hydrogen (secondary N) is 3. The van der Waals surface area contributed by atoms with Crippen molar-refractivity contribution in [2.45, 2.75) is 0 Å². The van der Waals surface area contributed by atoms with Crippen LogP contribution < -0.4 is 5.32 Å². The van der Waals surface area contributed by atoms with Crippen molar-refractivity contribution in [3.63, 3.8) is 0 Å². The number of nitrogens with zero attached hydrogens (tertiary/aromatic N) is 1. The van der Waals surface area contributed by atoms with E-state index in [1.165, 1.54) is 0 Å². The third-order valence-corrected chi connectivity index (χ3v) is 2.59. The van der Waals surface area contributed by atoms with Gasteiger partial charge in [0.1, 0.15) is 5.82 Å². The number of carbonyl (C=O) groups excluding carboxylic acids is 1. The summed E-state index contributed by atoms with van der Waals surface area (Å²) in [6, 6.07) is 9.16. The predicted molar refractivity (Wildman–Crippen MR) is 64.8 cm³/mol. The van der Waals surface area contributed by atoms with Gasteiger partial charge in [-0.25, -0.2) is 0 Å². The molecule has 0 aliphatic heterocycles. The number of H-pyrrole nitrogens is 2. The maximum atomic E-state index is 12.1. The molecule has 1 amide bonds. The Balaban J connectivity index is 1.98. The second kappa shape index (κ2) is 3.79. The normalized spacial score (nSPS) is 10.6. The molecule has 3 aromatic rings. The fourth-order valence-electron chi connectivity index (χ4n) is 1.80. The van der Waals surface area contributed by atoms with Gasteiger partial charge in [0.2, 0.25) is 0 Å². The van der Waals surface area contributed by atoms with E-state index in [2.05, 4.69) is 20.5 Å². The fourth-order valence-corrected chi connectivity index (χ4v) is 1.80. The molecule has 0 saturated carbocycles. The van der Waals surface area contributed by atoms with Crippen LogP contribution in [0.25, 0.3) is 10.9 Å². The monoisotopic (exact) mass is 226 g/mol. The van der Waals surface area contributed by atoms with Crippen LogP contribution in [0.3, 0.4) is 0 Å². The highest BCUT2D eigenvalue weighted by Gasteiger charge is 2.10. The van der Waals surface area contributed by atoms with Gasteiger partial charge in [-0.3, -0.25) is 9.89 Å². The molecule has 0 aliphatic rings. The number of anilines is 1. The van der Waals surface area contributed by atoms with Gasteiger partial charge >= 0.3 is 0 Å². The molecule has 1 aromatic carbocycles. The van der Waals surface area contributed by atoms with Gasteiger partial charge in [0.05, 0.1) is 6.20 Å². The van der Waals surface area contributed by atoms with Crippen LogP contribution in [0, 0.1) is 0 Å². The van der Waals surface area contributed by atoms with Gasteiger partial charge in [0.25, 0.3) is 5.91 Å². The van der Waals surface area contributed by atoms with Gasteiger partial charge in [-0.1, -0.05) is 6.07 Å². The number of carbonyl (C=O) groups is 1. The highest BCUT2D eigenvalue weighted by atomic mass is 16.1. The minimum absolute atomic E-state index is 0.153. The Kier molecular flexibility index (Phi) is 2.15. The van der Waals surface area contributed by atoms with Crippen LogP contribution in [0.5, 0.6) is 0 Å². The lowest BCUT2D eigenvalue weighted by molar-refractivity contribution is 0.102. The van der Waals surface area contributed by atoms with Gasteiger partial charge in [-0.2, -0.15) is 5.10 Å². The van der Waals surface area contributed by atoms with Crippen LogP contribution in [0.2, 0.25) is 0 Å². The first-order valence-electron chi connectivity index (χ1n) is 5.21. The zero-order valence-corrected chi connectivity index (χ0v) is 8.90. The average molecular weight is 226 g/mol. The molecule has 0 unspecified atom stereocenters. The Labute approximate surface area is 96.9 Å². The van der Waals surface area contributed by atoms with Crippen LogP contribution in [-0.2, 0) is 0 Å². The van der Waals surface area contributed by atoms with E-state index in [4.69, 9.17) is 0 Å². The maximum absolute atomic E-state index is 12.1. The van der Waals surface area contributed by atoms with Gasteiger partial charge in [0, 0.05) is 28.7 Å². The van der Waals surface area contributed by atoms with Crippen LogP contribution >= 0.6 is 0 Å². The van der Waals surface area contributed by atoms with E-state index in [9.17, 15) is 4.79 Å². The van der Waals surface area contributed by atoms with Crippen molar-refractivity contribution >= 4 is 22.6 Å². The SMILES string of the molecule is O=C(Nc1ccn[nH]1)c1cccc2[nH]ccc12. The van der Waals surface area contributed by atoms with Crippen LogP contribution in [0.4, 0.5) is 5.82 Å². The number of benzene rings is 1. The minimum atomic E-state index is -0.153. The van der Waals surface area contributed by atoms with Crippen LogP contribution in [0.1, 0.15) is 10.4 Å². The molecule has 0 saturated heterocycles. The molecule has 0 bridgehead atoms. The molecule has 17 heavy (non-hydrogen) atoms. The first-order chi connectivity index (χ1) is 8.34. The number of fused-ring (bicyclic) bond motifs is 1. The summed E-state index contributed by atoms with van der Waals surface area (Å²) < 4.78 is 0. The van der Waals surface area contributed by atoms with Crippen molar-refractivity contribution < 1.29 is 4.79 Å². The van der Waals surface area contributed by atoms with E-state index >= 15 is 0 Å². The Bertz CT molecular complexity index is 654. The van der Waals surface area contributed by atoms with Crippen LogP contribution in [-0.4, -0.2) is 21.1 Å². The summed E-state index contributed by atoms with van der Waals surface area (Å²) in [4.78, 5) is 15.1. The summed E-state index contributed by atoms with van der Waals surface area (Å²) in [6.07, 6.45) is 3.41. The average Bonchev–Trinajstić information content (AvgIpc) is 2.97. The number of hydrogen-bond donors (Lipinski definition) is 3. The minimum Gasteiger partial charge on any atom is -0.361 e. The molecule has 84 valence electrons. The Morgan fingerprint density at radius 3 is 3.00 bits per heavy atom. The number of hydrogen-bond acceptors (Lipinski definition) is 2. The summed E-state index contributed by atoms with van der Waals surface area (Å²) in [5.41, 5.74) is 1.58. The molecule has 3 N–H and O–H groups in total. The highest BCUT2D eigenvalue weighted by molar-refractivity contribution is 6.12. The van der Waals surface area contributed by atoms with Gasteiger partial charge < -0.3 is 10.3 Å². The second-order valence-electron chi connectivity index (χ2n) is 3.67.